The van der Waals surface area contributed by atoms with Crippen molar-refractivity contribution in [3.8, 4) is 5.69 Å². The van der Waals surface area contributed by atoms with Crippen LogP contribution >= 0.6 is 11.6 Å². The summed E-state index contributed by atoms with van der Waals surface area (Å²) in [5.41, 5.74) is 10.9. The molecule has 2 aromatic carbocycles. The molecule has 25 heavy (non-hydrogen) atoms. The predicted molar refractivity (Wildman–Crippen MR) is 102 cm³/mol. The van der Waals surface area contributed by atoms with Crippen LogP contribution < -0.4 is 5.73 Å². The molecule has 0 bridgehead atoms. The molecule has 6 heteroatoms. The number of hydrogen-bond acceptors (Lipinski definition) is 4. The average molecular weight is 354 g/mol. The van der Waals surface area contributed by atoms with E-state index in [1.54, 1.807) is 6.20 Å². The van der Waals surface area contributed by atoms with E-state index in [1.807, 2.05) is 54.1 Å². The average Bonchev–Trinajstić information content (AvgIpc) is 2.99. The Bertz CT molecular complexity index is 914. The molecule has 0 aliphatic carbocycles. The molecule has 3 rings (SSSR count). The van der Waals surface area contributed by atoms with E-state index in [4.69, 9.17) is 17.3 Å². The Balaban J connectivity index is 2.01. The Labute approximate surface area is 152 Å². The lowest BCUT2D eigenvalue weighted by Crippen LogP contribution is -2.02. The van der Waals surface area contributed by atoms with E-state index in [9.17, 15) is 0 Å². The molecule has 0 unspecified atom stereocenters. The molecule has 1 aromatic heterocycles. The van der Waals surface area contributed by atoms with Gasteiger partial charge in [-0.25, -0.2) is 4.68 Å². The second-order valence-corrected chi connectivity index (χ2v) is 6.24. The fourth-order valence-electron chi connectivity index (χ4n) is 2.59. The number of azo groups is 1. The van der Waals surface area contributed by atoms with Gasteiger partial charge in [0.25, 0.3) is 0 Å². The largest absolute Gasteiger partial charge is 0.399 e. The van der Waals surface area contributed by atoms with E-state index in [0.29, 0.717) is 10.7 Å². The van der Waals surface area contributed by atoms with Crippen LogP contribution in [0.4, 0.5) is 17.1 Å². The van der Waals surface area contributed by atoms with Gasteiger partial charge < -0.3 is 5.73 Å². The van der Waals surface area contributed by atoms with Crippen molar-refractivity contribution in [2.75, 3.05) is 5.73 Å². The molecule has 0 amide bonds. The first kappa shape index (κ1) is 17.2. The number of anilines is 1. The van der Waals surface area contributed by atoms with E-state index in [2.05, 4.69) is 22.3 Å². The highest BCUT2D eigenvalue weighted by Gasteiger charge is 2.13. The Morgan fingerprint density at radius 3 is 2.64 bits per heavy atom. The van der Waals surface area contributed by atoms with Crippen LogP contribution in [0.3, 0.4) is 0 Å². The molecule has 128 valence electrons. The number of hydrogen-bond donors (Lipinski definition) is 1. The van der Waals surface area contributed by atoms with E-state index >= 15 is 0 Å². The summed E-state index contributed by atoms with van der Waals surface area (Å²) in [6, 6.07) is 13.2. The van der Waals surface area contributed by atoms with Gasteiger partial charge in [-0.2, -0.15) is 10.2 Å². The van der Waals surface area contributed by atoms with E-state index in [-0.39, 0.29) is 0 Å². The number of benzene rings is 2. The van der Waals surface area contributed by atoms with Crippen LogP contribution in [0.2, 0.25) is 5.02 Å². The molecule has 2 N–H and O–H groups in total. The summed E-state index contributed by atoms with van der Waals surface area (Å²) in [4.78, 5) is 0. The minimum Gasteiger partial charge on any atom is -0.399 e. The van der Waals surface area contributed by atoms with Gasteiger partial charge in [-0.05, 0) is 43.2 Å². The fraction of sp³-hybridized carbons (Fsp3) is 0.211. The maximum atomic E-state index is 6.32. The summed E-state index contributed by atoms with van der Waals surface area (Å²) in [7, 11) is 0. The van der Waals surface area contributed by atoms with Gasteiger partial charge in [-0.1, -0.05) is 43.1 Å². The summed E-state index contributed by atoms with van der Waals surface area (Å²) in [6.45, 7) is 4.10. The van der Waals surface area contributed by atoms with E-state index < -0.39 is 0 Å². The summed E-state index contributed by atoms with van der Waals surface area (Å²) in [6.07, 6.45) is 3.52. The van der Waals surface area contributed by atoms with Crippen LogP contribution in [0.1, 0.15) is 24.6 Å². The zero-order valence-electron chi connectivity index (χ0n) is 14.3. The van der Waals surface area contributed by atoms with Crippen LogP contribution in [0.25, 0.3) is 5.69 Å². The van der Waals surface area contributed by atoms with Crippen LogP contribution in [0, 0.1) is 6.92 Å². The van der Waals surface area contributed by atoms with Gasteiger partial charge in [0.15, 0.2) is 0 Å². The van der Waals surface area contributed by atoms with Crippen LogP contribution in [-0.2, 0) is 6.42 Å². The maximum absolute atomic E-state index is 6.32. The minimum absolute atomic E-state index is 0.651. The molecule has 5 nitrogen and oxygen atoms in total. The van der Waals surface area contributed by atoms with Crippen molar-refractivity contribution in [1.82, 2.24) is 9.78 Å². The molecule has 1 heterocycles. The summed E-state index contributed by atoms with van der Waals surface area (Å²) in [5.74, 6) is 0. The molecule has 0 fully saturated rings. The Kier molecular flexibility index (Phi) is 5.14. The number of aromatic nitrogens is 2. The Morgan fingerprint density at radius 2 is 1.88 bits per heavy atom. The zero-order chi connectivity index (χ0) is 17.8. The highest BCUT2D eigenvalue weighted by molar-refractivity contribution is 6.32. The molecule has 0 atom stereocenters. The molecule has 0 radical (unpaired) electrons. The number of nitrogens with two attached hydrogens (primary N) is 1. The van der Waals surface area contributed by atoms with Crippen molar-refractivity contribution in [2.45, 2.75) is 26.7 Å². The van der Waals surface area contributed by atoms with Crippen LogP contribution in [-0.4, -0.2) is 9.78 Å². The third-order valence-corrected chi connectivity index (χ3v) is 4.23. The Hall–Kier alpha value is -2.66. The number of nitrogens with zero attached hydrogens (tertiary/aromatic N) is 4. The molecular weight excluding hydrogens is 334 g/mol. The van der Waals surface area contributed by atoms with Gasteiger partial charge in [0.05, 0.1) is 28.3 Å². The molecule has 0 saturated heterocycles. The summed E-state index contributed by atoms with van der Waals surface area (Å²) < 4.78 is 1.84. The van der Waals surface area contributed by atoms with Crippen molar-refractivity contribution in [3.05, 3.63) is 64.9 Å². The smallest absolute Gasteiger partial charge is 0.127 e. The number of para-hydroxylation sites is 1. The first-order valence-corrected chi connectivity index (χ1v) is 8.57. The third-order valence-electron chi connectivity index (χ3n) is 3.91. The van der Waals surface area contributed by atoms with Crippen molar-refractivity contribution in [3.63, 3.8) is 0 Å². The van der Waals surface area contributed by atoms with Gasteiger partial charge in [-0.15, -0.1) is 5.11 Å². The molecule has 0 aliphatic rings. The van der Waals surface area contributed by atoms with Gasteiger partial charge >= 0.3 is 0 Å². The lowest BCUT2D eigenvalue weighted by molar-refractivity contribution is 0.775. The van der Waals surface area contributed by atoms with Gasteiger partial charge in [-0.3, -0.25) is 0 Å². The molecular formula is C19H20ClN5. The maximum Gasteiger partial charge on any atom is 0.127 e. The Morgan fingerprint density at radius 1 is 1.12 bits per heavy atom. The first-order valence-electron chi connectivity index (χ1n) is 8.20. The van der Waals surface area contributed by atoms with Gasteiger partial charge in [0.1, 0.15) is 5.69 Å². The molecule has 0 saturated carbocycles. The number of nitrogen functional groups attached to an aromatic ring is 1. The van der Waals surface area contributed by atoms with Crippen LogP contribution in [0.15, 0.2) is 58.9 Å². The SMILES string of the molecule is CCCc1c(N=Nc2cc(N)ccc2C)cnn1-c1ccccc1Cl. The van der Waals surface area contributed by atoms with Gasteiger partial charge in [0.2, 0.25) is 0 Å². The van der Waals surface area contributed by atoms with Gasteiger partial charge in [0, 0.05) is 5.69 Å². The molecule has 3 aromatic rings. The number of halogens is 1. The quantitative estimate of drug-likeness (QED) is 0.466. The lowest BCUT2D eigenvalue weighted by Gasteiger charge is -2.08. The standard InChI is InChI=1S/C19H20ClN5/c1-3-6-19-17(24-23-16-11-14(21)10-9-13(16)2)12-22-25(19)18-8-5-4-7-15(18)20/h4-5,7-12H,3,6,21H2,1-2H3. The second kappa shape index (κ2) is 7.49. The van der Waals surface area contributed by atoms with E-state index in [0.717, 1.165) is 41.2 Å². The van der Waals surface area contributed by atoms with Crippen molar-refractivity contribution in [2.24, 2.45) is 10.2 Å². The minimum atomic E-state index is 0.651. The molecule has 0 aliphatic heterocycles. The summed E-state index contributed by atoms with van der Waals surface area (Å²) >= 11 is 6.32. The second-order valence-electron chi connectivity index (χ2n) is 5.84. The van der Waals surface area contributed by atoms with Crippen molar-refractivity contribution in [1.29, 1.82) is 0 Å². The predicted octanol–water partition coefficient (Wildman–Crippen LogP) is 5.78. The third kappa shape index (κ3) is 3.72. The molecule has 0 spiro atoms. The zero-order valence-corrected chi connectivity index (χ0v) is 15.0. The van der Waals surface area contributed by atoms with E-state index in [1.165, 1.54) is 0 Å². The first-order chi connectivity index (χ1) is 12.1. The van der Waals surface area contributed by atoms with Crippen molar-refractivity contribution < 1.29 is 0 Å². The highest BCUT2D eigenvalue weighted by Crippen LogP contribution is 2.29. The van der Waals surface area contributed by atoms with Crippen LogP contribution in [0.5, 0.6) is 0 Å². The normalized spacial score (nSPS) is 11.3. The summed E-state index contributed by atoms with van der Waals surface area (Å²) in [5, 5.41) is 13.9. The number of aryl methyl sites for hydroxylation is 1. The fourth-order valence-corrected chi connectivity index (χ4v) is 2.81. The van der Waals surface area contributed by atoms with Crippen molar-refractivity contribution >= 4 is 28.7 Å². The topological polar surface area (TPSA) is 68.6 Å². The highest BCUT2D eigenvalue weighted by atomic mass is 35.5. The number of rotatable bonds is 5. The monoisotopic (exact) mass is 353 g/mol. The lowest BCUT2D eigenvalue weighted by atomic mass is 10.2.